The van der Waals surface area contributed by atoms with Gasteiger partial charge in [-0.3, -0.25) is 24.5 Å². The maximum Gasteiger partial charge on any atom is 0.307 e. The van der Waals surface area contributed by atoms with E-state index in [0.29, 0.717) is 0 Å². The summed E-state index contributed by atoms with van der Waals surface area (Å²) in [6.07, 6.45) is 0.851. The molecule has 2 N–H and O–H groups in total. The molecule has 1 amide bonds. The maximum absolute atomic E-state index is 11.7. The molecule has 20 heavy (non-hydrogen) atoms. The highest BCUT2D eigenvalue weighted by molar-refractivity contribution is 5.94. The molecule has 1 heterocycles. The summed E-state index contributed by atoms with van der Waals surface area (Å²) in [5.74, 6) is -1.28. The number of rotatable bonds is 6. The summed E-state index contributed by atoms with van der Waals surface area (Å²) < 4.78 is 4.66. The lowest BCUT2D eigenvalue weighted by molar-refractivity contribution is -0.385. The lowest BCUT2D eigenvalue weighted by atomic mass is 10.2. The highest BCUT2D eigenvalue weighted by atomic mass is 16.6. The van der Waals surface area contributed by atoms with Gasteiger partial charge < -0.3 is 15.0 Å². The molecule has 0 aliphatic rings. The number of aromatic amines is 1. The molecular formula is C11H13N3O6. The number of pyridine rings is 1. The van der Waals surface area contributed by atoms with E-state index in [4.69, 9.17) is 0 Å². The number of nitro groups is 1. The Balaban J connectivity index is 2.68. The second kappa shape index (κ2) is 7.02. The van der Waals surface area contributed by atoms with Gasteiger partial charge in [-0.2, -0.15) is 0 Å². The van der Waals surface area contributed by atoms with Crippen LogP contribution in [0.4, 0.5) is 5.69 Å². The molecule has 0 aliphatic carbocycles. The van der Waals surface area contributed by atoms with Crippen molar-refractivity contribution >= 4 is 17.6 Å². The Bertz CT molecular complexity index is 580. The predicted octanol–water partition coefficient (Wildman–Crippen LogP) is -0.0339. The monoisotopic (exact) mass is 283 g/mol. The molecular weight excluding hydrogens is 270 g/mol. The highest BCUT2D eigenvalue weighted by Crippen LogP contribution is 2.07. The number of amides is 1. The zero-order valence-corrected chi connectivity index (χ0v) is 10.7. The van der Waals surface area contributed by atoms with Crippen molar-refractivity contribution in [2.24, 2.45) is 0 Å². The zero-order chi connectivity index (χ0) is 15.1. The first-order chi connectivity index (χ1) is 9.45. The number of hydrogen-bond acceptors (Lipinski definition) is 6. The first-order valence-electron chi connectivity index (χ1n) is 5.76. The highest BCUT2D eigenvalue weighted by Gasteiger charge is 2.16. The van der Waals surface area contributed by atoms with Crippen molar-refractivity contribution in [3.8, 4) is 0 Å². The minimum Gasteiger partial charge on any atom is -0.466 e. The molecule has 0 unspecified atom stereocenters. The van der Waals surface area contributed by atoms with Crippen LogP contribution in [0.15, 0.2) is 17.1 Å². The minimum absolute atomic E-state index is 0.0280. The number of carbonyl (C=O) groups excluding carboxylic acids is 2. The fourth-order valence-corrected chi connectivity index (χ4v) is 1.35. The van der Waals surface area contributed by atoms with E-state index >= 15 is 0 Å². The number of nitrogens with one attached hydrogen (secondary N) is 2. The number of aromatic nitrogens is 1. The number of hydrogen-bond donors (Lipinski definition) is 2. The zero-order valence-electron chi connectivity index (χ0n) is 10.7. The molecule has 0 aromatic carbocycles. The Morgan fingerprint density at radius 2 is 2.20 bits per heavy atom. The van der Waals surface area contributed by atoms with Crippen LogP contribution in [0.5, 0.6) is 0 Å². The first kappa shape index (κ1) is 15.3. The van der Waals surface area contributed by atoms with Gasteiger partial charge in [0, 0.05) is 12.6 Å². The van der Waals surface area contributed by atoms with Crippen LogP contribution < -0.4 is 10.9 Å². The summed E-state index contributed by atoms with van der Waals surface area (Å²) in [4.78, 5) is 46.0. The molecule has 0 spiro atoms. The van der Waals surface area contributed by atoms with Gasteiger partial charge in [-0.15, -0.1) is 0 Å². The molecule has 0 radical (unpaired) electrons. The molecule has 0 fully saturated rings. The second-order valence-corrected chi connectivity index (χ2v) is 3.67. The van der Waals surface area contributed by atoms with E-state index in [-0.39, 0.29) is 25.1 Å². The average molecular weight is 283 g/mol. The Morgan fingerprint density at radius 1 is 1.50 bits per heavy atom. The summed E-state index contributed by atoms with van der Waals surface area (Å²) in [7, 11) is 0. The largest absolute Gasteiger partial charge is 0.466 e. The van der Waals surface area contributed by atoms with Crippen molar-refractivity contribution in [3.63, 3.8) is 0 Å². The number of carbonyl (C=O) groups is 2. The maximum atomic E-state index is 11.7. The van der Waals surface area contributed by atoms with Crippen molar-refractivity contribution in [2.45, 2.75) is 13.3 Å². The van der Waals surface area contributed by atoms with Crippen LogP contribution in [0.25, 0.3) is 0 Å². The molecule has 0 bridgehead atoms. The van der Waals surface area contributed by atoms with Gasteiger partial charge in [0.05, 0.1) is 24.1 Å². The molecule has 0 saturated heterocycles. The van der Waals surface area contributed by atoms with Crippen LogP contribution in [0.3, 0.4) is 0 Å². The van der Waals surface area contributed by atoms with E-state index in [1.54, 1.807) is 6.92 Å². The average Bonchev–Trinajstić information content (AvgIpc) is 2.39. The SMILES string of the molecule is CCOC(=O)CCNC(=O)c1cc([N+](=O)[O-])c[nH]c1=O. The number of nitrogens with zero attached hydrogens (tertiary/aromatic N) is 1. The summed E-state index contributed by atoms with van der Waals surface area (Å²) in [6, 6.07) is 0.874. The molecule has 108 valence electrons. The fourth-order valence-electron chi connectivity index (χ4n) is 1.35. The lowest BCUT2D eigenvalue weighted by Crippen LogP contribution is -2.31. The summed E-state index contributed by atoms with van der Waals surface area (Å²) >= 11 is 0. The van der Waals surface area contributed by atoms with Crippen LogP contribution in [-0.4, -0.2) is 34.9 Å². The van der Waals surface area contributed by atoms with Crippen molar-refractivity contribution in [2.75, 3.05) is 13.2 Å². The van der Waals surface area contributed by atoms with Gasteiger partial charge >= 0.3 is 5.97 Å². The summed E-state index contributed by atoms with van der Waals surface area (Å²) in [5, 5.41) is 12.9. The van der Waals surface area contributed by atoms with E-state index < -0.39 is 28.0 Å². The molecule has 0 saturated carbocycles. The molecule has 1 rings (SSSR count). The van der Waals surface area contributed by atoms with Crippen LogP contribution in [0.2, 0.25) is 0 Å². The third-order valence-corrected chi connectivity index (χ3v) is 2.26. The third kappa shape index (κ3) is 4.19. The minimum atomic E-state index is -0.792. The summed E-state index contributed by atoms with van der Waals surface area (Å²) in [6.45, 7) is 1.86. The third-order valence-electron chi connectivity index (χ3n) is 2.26. The van der Waals surface area contributed by atoms with Crippen LogP contribution in [-0.2, 0) is 9.53 Å². The van der Waals surface area contributed by atoms with Crippen LogP contribution in [0, 0.1) is 10.1 Å². The van der Waals surface area contributed by atoms with Crippen LogP contribution >= 0.6 is 0 Å². The molecule has 0 atom stereocenters. The van der Waals surface area contributed by atoms with Crippen molar-refractivity contribution in [1.82, 2.24) is 10.3 Å². The van der Waals surface area contributed by atoms with Crippen molar-refractivity contribution in [3.05, 3.63) is 38.3 Å². The van der Waals surface area contributed by atoms with E-state index in [1.807, 2.05) is 0 Å². The smallest absolute Gasteiger partial charge is 0.307 e. The quantitative estimate of drug-likeness (QED) is 0.428. The van der Waals surface area contributed by atoms with Crippen LogP contribution in [0.1, 0.15) is 23.7 Å². The Morgan fingerprint density at radius 3 is 2.80 bits per heavy atom. The van der Waals surface area contributed by atoms with E-state index in [0.717, 1.165) is 12.3 Å². The predicted molar refractivity (Wildman–Crippen MR) is 67.3 cm³/mol. The second-order valence-electron chi connectivity index (χ2n) is 3.67. The Hall–Kier alpha value is -2.71. The van der Waals surface area contributed by atoms with Gasteiger partial charge in [0.2, 0.25) is 0 Å². The fraction of sp³-hybridized carbons (Fsp3) is 0.364. The van der Waals surface area contributed by atoms with E-state index in [2.05, 4.69) is 15.0 Å². The van der Waals surface area contributed by atoms with E-state index in [1.165, 1.54) is 0 Å². The standard InChI is InChI=1S/C11H13N3O6/c1-2-20-9(15)3-4-12-10(16)8-5-7(14(18)19)6-13-11(8)17/h5-6H,2-4H2,1H3,(H,12,16)(H,13,17). The summed E-state index contributed by atoms with van der Waals surface area (Å²) in [5.41, 5.74) is -1.53. The molecule has 0 aliphatic heterocycles. The van der Waals surface area contributed by atoms with Gasteiger partial charge in [-0.1, -0.05) is 0 Å². The van der Waals surface area contributed by atoms with Crippen molar-refractivity contribution in [1.29, 1.82) is 0 Å². The first-order valence-corrected chi connectivity index (χ1v) is 5.76. The van der Waals surface area contributed by atoms with Gasteiger partial charge in [0.1, 0.15) is 5.56 Å². The molecule has 9 heteroatoms. The Kier molecular flexibility index (Phi) is 5.39. The molecule has 1 aromatic rings. The molecule has 1 aromatic heterocycles. The van der Waals surface area contributed by atoms with E-state index in [9.17, 15) is 24.5 Å². The number of ether oxygens (including phenoxy) is 1. The Labute approximate surface area is 113 Å². The van der Waals surface area contributed by atoms with Gasteiger partial charge in [-0.25, -0.2) is 0 Å². The normalized spacial score (nSPS) is 9.85. The van der Waals surface area contributed by atoms with Crippen molar-refractivity contribution < 1.29 is 19.2 Å². The lowest BCUT2D eigenvalue weighted by Gasteiger charge is -2.04. The number of esters is 1. The van der Waals surface area contributed by atoms with Gasteiger partial charge in [0.15, 0.2) is 0 Å². The van der Waals surface area contributed by atoms with Gasteiger partial charge in [-0.05, 0) is 6.92 Å². The topological polar surface area (TPSA) is 131 Å². The number of H-pyrrole nitrogens is 1. The molecule has 9 nitrogen and oxygen atoms in total. The van der Waals surface area contributed by atoms with Gasteiger partial charge in [0.25, 0.3) is 17.2 Å².